The van der Waals surface area contributed by atoms with Gasteiger partial charge in [-0.05, 0) is 11.6 Å². The summed E-state index contributed by atoms with van der Waals surface area (Å²) in [5.74, 6) is 0.647. The van der Waals surface area contributed by atoms with Crippen LogP contribution in [0.1, 0.15) is 15.9 Å². The molecule has 1 heterocycles. The van der Waals surface area contributed by atoms with Gasteiger partial charge in [0.1, 0.15) is 12.4 Å². The molecule has 0 radical (unpaired) electrons. The van der Waals surface area contributed by atoms with Crippen LogP contribution in [0, 0.1) is 0 Å². The number of aromatic amines is 1. The molecule has 0 atom stereocenters. The quantitative estimate of drug-likeness (QED) is 0.730. The van der Waals surface area contributed by atoms with Gasteiger partial charge >= 0.3 is 0 Å². The minimum absolute atomic E-state index is 0.462. The molecule has 0 aliphatic rings. The molecule has 0 saturated heterocycles. The van der Waals surface area contributed by atoms with E-state index < -0.39 is 0 Å². The number of nitrogens with one attached hydrogen (secondary N) is 1. The summed E-state index contributed by atoms with van der Waals surface area (Å²) >= 11 is 6.19. The Kier molecular flexibility index (Phi) is 3.44. The molecule has 3 aromatic rings. The zero-order chi connectivity index (χ0) is 13.9. The zero-order valence-corrected chi connectivity index (χ0v) is 11.4. The summed E-state index contributed by atoms with van der Waals surface area (Å²) in [6.07, 6.45) is 2.45. The molecule has 3 rings (SSSR count). The van der Waals surface area contributed by atoms with Crippen LogP contribution in [0.3, 0.4) is 0 Å². The van der Waals surface area contributed by atoms with E-state index in [-0.39, 0.29) is 0 Å². The number of aldehydes is 1. The Labute approximate surface area is 121 Å². The molecule has 0 aliphatic carbocycles. The predicted molar refractivity (Wildman–Crippen MR) is 79.5 cm³/mol. The van der Waals surface area contributed by atoms with E-state index in [0.717, 1.165) is 22.8 Å². The van der Waals surface area contributed by atoms with E-state index in [2.05, 4.69) is 4.98 Å². The van der Waals surface area contributed by atoms with Crippen molar-refractivity contribution in [3.8, 4) is 5.75 Å². The molecule has 100 valence electrons. The van der Waals surface area contributed by atoms with Crippen molar-refractivity contribution in [3.05, 3.63) is 64.8 Å². The van der Waals surface area contributed by atoms with E-state index in [1.807, 2.05) is 36.4 Å². The highest BCUT2D eigenvalue weighted by Crippen LogP contribution is 2.30. The summed E-state index contributed by atoms with van der Waals surface area (Å²) in [7, 11) is 0. The summed E-state index contributed by atoms with van der Waals surface area (Å²) in [4.78, 5) is 14.0. The summed E-state index contributed by atoms with van der Waals surface area (Å²) in [5, 5.41) is 1.31. The van der Waals surface area contributed by atoms with Crippen LogP contribution in [-0.2, 0) is 6.61 Å². The molecule has 2 aromatic carbocycles. The lowest BCUT2D eigenvalue weighted by atomic mass is 10.2. The third-order valence-corrected chi connectivity index (χ3v) is 3.42. The van der Waals surface area contributed by atoms with Crippen LogP contribution in [0.4, 0.5) is 0 Å². The molecule has 1 aromatic heterocycles. The monoisotopic (exact) mass is 285 g/mol. The lowest BCUT2D eigenvalue weighted by molar-refractivity contribution is 0.112. The molecular weight excluding hydrogens is 274 g/mol. The van der Waals surface area contributed by atoms with Crippen LogP contribution >= 0.6 is 11.6 Å². The molecule has 1 N–H and O–H groups in total. The van der Waals surface area contributed by atoms with Crippen LogP contribution in [0.2, 0.25) is 5.02 Å². The maximum atomic E-state index is 11.0. The van der Waals surface area contributed by atoms with Crippen molar-refractivity contribution in [2.45, 2.75) is 6.61 Å². The lowest BCUT2D eigenvalue weighted by Crippen LogP contribution is -1.95. The van der Waals surface area contributed by atoms with Crippen LogP contribution in [0.25, 0.3) is 10.9 Å². The van der Waals surface area contributed by atoms with Gasteiger partial charge in [-0.25, -0.2) is 0 Å². The molecule has 0 unspecified atom stereocenters. The Bertz CT molecular complexity index is 750. The summed E-state index contributed by atoms with van der Waals surface area (Å²) in [6.45, 7) is 0.462. The van der Waals surface area contributed by atoms with Gasteiger partial charge in [-0.15, -0.1) is 0 Å². The largest absolute Gasteiger partial charge is 0.489 e. The normalized spacial score (nSPS) is 10.7. The van der Waals surface area contributed by atoms with Gasteiger partial charge in [0, 0.05) is 23.2 Å². The highest BCUT2D eigenvalue weighted by Gasteiger charge is 2.09. The van der Waals surface area contributed by atoms with Crippen molar-refractivity contribution in [1.82, 2.24) is 4.98 Å². The van der Waals surface area contributed by atoms with Crippen molar-refractivity contribution in [1.29, 1.82) is 0 Å². The SMILES string of the molecule is O=Cc1c[nH]c2c(Cl)cc(OCc3ccccc3)cc12. The van der Waals surface area contributed by atoms with Crippen LogP contribution in [-0.4, -0.2) is 11.3 Å². The highest BCUT2D eigenvalue weighted by atomic mass is 35.5. The first-order chi connectivity index (χ1) is 9.78. The Morgan fingerprint density at radius 2 is 2.00 bits per heavy atom. The molecule has 0 amide bonds. The minimum Gasteiger partial charge on any atom is -0.489 e. The smallest absolute Gasteiger partial charge is 0.152 e. The van der Waals surface area contributed by atoms with Crippen LogP contribution in [0.15, 0.2) is 48.7 Å². The molecule has 0 bridgehead atoms. The number of fused-ring (bicyclic) bond motifs is 1. The van der Waals surface area contributed by atoms with Crippen molar-refractivity contribution in [3.63, 3.8) is 0 Å². The first kappa shape index (κ1) is 12.8. The van der Waals surface area contributed by atoms with Gasteiger partial charge in [-0.2, -0.15) is 0 Å². The van der Waals surface area contributed by atoms with E-state index in [1.54, 1.807) is 12.3 Å². The van der Waals surface area contributed by atoms with Crippen molar-refractivity contribution in [2.24, 2.45) is 0 Å². The molecule has 0 fully saturated rings. The molecule has 0 saturated carbocycles. The van der Waals surface area contributed by atoms with Gasteiger partial charge in [-0.1, -0.05) is 41.9 Å². The number of hydrogen-bond acceptors (Lipinski definition) is 2. The summed E-state index contributed by atoms with van der Waals surface area (Å²) < 4.78 is 5.74. The van der Waals surface area contributed by atoms with Gasteiger partial charge in [0.15, 0.2) is 6.29 Å². The van der Waals surface area contributed by atoms with Gasteiger partial charge in [0.2, 0.25) is 0 Å². The average Bonchev–Trinajstić information content (AvgIpc) is 2.90. The fourth-order valence-electron chi connectivity index (χ4n) is 2.11. The van der Waals surface area contributed by atoms with Gasteiger partial charge in [0.25, 0.3) is 0 Å². The number of carbonyl (C=O) groups excluding carboxylic acids is 1. The molecule has 0 aliphatic heterocycles. The van der Waals surface area contributed by atoms with E-state index in [0.29, 0.717) is 22.9 Å². The zero-order valence-electron chi connectivity index (χ0n) is 10.6. The summed E-state index contributed by atoms with van der Waals surface area (Å²) in [5.41, 5.74) is 2.40. The maximum absolute atomic E-state index is 11.0. The molecule has 3 nitrogen and oxygen atoms in total. The Hall–Kier alpha value is -2.26. The molecular formula is C16H12ClNO2. The number of hydrogen-bond donors (Lipinski definition) is 1. The standard InChI is InChI=1S/C16H12ClNO2/c17-15-7-13(20-10-11-4-2-1-3-5-11)6-14-12(9-19)8-18-16(14)15/h1-9,18H,10H2. The Balaban J connectivity index is 1.90. The van der Waals surface area contributed by atoms with E-state index in [4.69, 9.17) is 16.3 Å². The molecule has 0 spiro atoms. The van der Waals surface area contributed by atoms with Crippen molar-refractivity contribution < 1.29 is 9.53 Å². The second-order valence-electron chi connectivity index (χ2n) is 4.46. The number of ether oxygens (including phenoxy) is 1. The topological polar surface area (TPSA) is 42.1 Å². The van der Waals surface area contributed by atoms with E-state index in [9.17, 15) is 4.79 Å². The lowest BCUT2D eigenvalue weighted by Gasteiger charge is -2.07. The summed E-state index contributed by atoms with van der Waals surface area (Å²) in [6, 6.07) is 13.4. The number of aromatic nitrogens is 1. The molecule has 4 heteroatoms. The first-order valence-corrected chi connectivity index (χ1v) is 6.58. The van der Waals surface area contributed by atoms with Crippen LogP contribution < -0.4 is 4.74 Å². The van der Waals surface area contributed by atoms with Crippen LogP contribution in [0.5, 0.6) is 5.75 Å². The average molecular weight is 286 g/mol. The van der Waals surface area contributed by atoms with E-state index >= 15 is 0 Å². The number of benzene rings is 2. The number of halogens is 1. The Morgan fingerprint density at radius 3 is 2.75 bits per heavy atom. The third kappa shape index (κ3) is 2.40. The Morgan fingerprint density at radius 1 is 1.20 bits per heavy atom. The fraction of sp³-hybridized carbons (Fsp3) is 0.0625. The predicted octanol–water partition coefficient (Wildman–Crippen LogP) is 4.21. The second-order valence-corrected chi connectivity index (χ2v) is 4.87. The maximum Gasteiger partial charge on any atom is 0.152 e. The van der Waals surface area contributed by atoms with Gasteiger partial charge in [-0.3, -0.25) is 4.79 Å². The third-order valence-electron chi connectivity index (χ3n) is 3.12. The van der Waals surface area contributed by atoms with Gasteiger partial charge in [0.05, 0.1) is 10.5 Å². The minimum atomic E-state index is 0.462. The first-order valence-electron chi connectivity index (χ1n) is 6.20. The number of rotatable bonds is 4. The van der Waals surface area contributed by atoms with Gasteiger partial charge < -0.3 is 9.72 Å². The van der Waals surface area contributed by atoms with Crippen molar-refractivity contribution >= 4 is 28.8 Å². The fourth-order valence-corrected chi connectivity index (χ4v) is 2.37. The molecule has 20 heavy (non-hydrogen) atoms. The number of carbonyl (C=O) groups is 1. The second kappa shape index (κ2) is 5.39. The number of H-pyrrole nitrogens is 1. The highest BCUT2D eigenvalue weighted by molar-refractivity contribution is 6.35. The van der Waals surface area contributed by atoms with Crippen molar-refractivity contribution in [2.75, 3.05) is 0 Å². The van der Waals surface area contributed by atoms with E-state index in [1.165, 1.54) is 0 Å².